The Morgan fingerprint density at radius 1 is 1.41 bits per heavy atom. The molecule has 8 heteroatoms. The molecule has 5 nitrogen and oxygen atoms in total. The van der Waals surface area contributed by atoms with Crippen molar-refractivity contribution in [2.45, 2.75) is 20.0 Å². The number of halogens is 3. The Morgan fingerprint density at radius 2 is 2.09 bits per heavy atom. The van der Waals surface area contributed by atoms with Gasteiger partial charge in [0.15, 0.2) is 18.1 Å². The van der Waals surface area contributed by atoms with E-state index in [1.807, 2.05) is 0 Å². The number of nitrogens with zero attached hydrogens (tertiary/aromatic N) is 2. The van der Waals surface area contributed by atoms with Crippen molar-refractivity contribution in [3.8, 4) is 5.75 Å². The molecule has 0 spiro atoms. The van der Waals surface area contributed by atoms with Crippen LogP contribution in [-0.4, -0.2) is 34.9 Å². The smallest absolute Gasteiger partial charge is 0.422 e. The van der Waals surface area contributed by atoms with Gasteiger partial charge >= 0.3 is 12.1 Å². The number of ether oxygens (including phenoxy) is 2. The molecule has 2 aromatic heterocycles. The van der Waals surface area contributed by atoms with E-state index in [-0.39, 0.29) is 23.6 Å². The lowest BCUT2D eigenvalue weighted by Crippen LogP contribution is -2.20. The van der Waals surface area contributed by atoms with Crippen LogP contribution in [0.1, 0.15) is 23.0 Å². The number of hydrogen-bond donors (Lipinski definition) is 0. The van der Waals surface area contributed by atoms with Gasteiger partial charge in [-0.3, -0.25) is 4.98 Å². The molecule has 0 aliphatic carbocycles. The summed E-state index contributed by atoms with van der Waals surface area (Å²) < 4.78 is 48.4. The van der Waals surface area contributed by atoms with Crippen molar-refractivity contribution in [3.05, 3.63) is 23.5 Å². The fourth-order valence-electron chi connectivity index (χ4n) is 2.09. The third kappa shape index (κ3) is 3.15. The second kappa shape index (κ2) is 5.86. The normalized spacial score (nSPS) is 11.7. The van der Waals surface area contributed by atoms with Gasteiger partial charge in [-0.2, -0.15) is 13.2 Å². The van der Waals surface area contributed by atoms with Gasteiger partial charge in [0, 0.05) is 13.2 Å². The zero-order valence-electron chi connectivity index (χ0n) is 12.3. The molecule has 0 aromatic carbocycles. The van der Waals surface area contributed by atoms with Crippen LogP contribution in [0.25, 0.3) is 11.0 Å². The van der Waals surface area contributed by atoms with Gasteiger partial charge in [-0.05, 0) is 25.5 Å². The summed E-state index contributed by atoms with van der Waals surface area (Å²) in [6, 6.07) is 1.71. The van der Waals surface area contributed by atoms with Gasteiger partial charge in [0.05, 0.1) is 12.1 Å². The van der Waals surface area contributed by atoms with Crippen LogP contribution in [-0.2, 0) is 11.8 Å². The Morgan fingerprint density at radius 3 is 2.68 bits per heavy atom. The number of alkyl halides is 3. The van der Waals surface area contributed by atoms with Crippen molar-refractivity contribution < 1.29 is 27.4 Å². The lowest BCUT2D eigenvalue weighted by Gasteiger charge is -2.10. The molecule has 0 atom stereocenters. The van der Waals surface area contributed by atoms with Crippen LogP contribution in [0.3, 0.4) is 0 Å². The summed E-state index contributed by atoms with van der Waals surface area (Å²) in [6.45, 7) is 2.00. The second-order valence-corrected chi connectivity index (χ2v) is 4.74. The minimum Gasteiger partial charge on any atom is -0.479 e. The molecule has 0 aliphatic rings. The van der Waals surface area contributed by atoms with Crippen molar-refractivity contribution in [1.82, 2.24) is 9.55 Å². The largest absolute Gasteiger partial charge is 0.479 e. The average molecular weight is 316 g/mol. The zero-order chi connectivity index (χ0) is 16.5. The molecule has 0 saturated heterocycles. The fraction of sp³-hybridized carbons (Fsp3) is 0.429. The third-order valence-electron chi connectivity index (χ3n) is 2.98. The molecule has 0 aliphatic heterocycles. The number of rotatable bonds is 4. The van der Waals surface area contributed by atoms with Gasteiger partial charge in [-0.15, -0.1) is 0 Å². The molecule has 2 rings (SSSR count). The first-order chi connectivity index (χ1) is 10.2. The molecule has 2 aromatic rings. The Balaban J connectivity index is 2.58. The number of aromatic nitrogens is 2. The number of esters is 1. The highest BCUT2D eigenvalue weighted by molar-refractivity contribution is 6.00. The van der Waals surface area contributed by atoms with Crippen molar-refractivity contribution in [2.75, 3.05) is 13.2 Å². The van der Waals surface area contributed by atoms with Crippen LogP contribution < -0.4 is 4.74 Å². The van der Waals surface area contributed by atoms with Crippen LogP contribution in [0.15, 0.2) is 12.3 Å². The summed E-state index contributed by atoms with van der Waals surface area (Å²) in [5, 5.41) is 0. The molecule has 22 heavy (non-hydrogen) atoms. The van der Waals surface area contributed by atoms with Crippen LogP contribution >= 0.6 is 0 Å². The predicted octanol–water partition coefficient (Wildman–Crippen LogP) is 3.00. The lowest BCUT2D eigenvalue weighted by molar-refractivity contribution is -0.153. The van der Waals surface area contributed by atoms with Gasteiger partial charge in [0.2, 0.25) is 0 Å². The summed E-state index contributed by atoms with van der Waals surface area (Å²) in [5.41, 5.74) is 1.42. The molecule has 0 N–H and O–H groups in total. The standard InChI is InChI=1S/C14H15F3N2O3/c1-4-21-13(20)11-12(22-7-14(15,16)17)10-9(19(11)3)5-8(2)6-18-10/h5-6H,4,7H2,1-3H3. The molecular weight excluding hydrogens is 301 g/mol. The van der Waals surface area contributed by atoms with Crippen molar-refractivity contribution >= 4 is 17.0 Å². The van der Waals surface area contributed by atoms with E-state index < -0.39 is 18.8 Å². The average Bonchev–Trinajstić information content (AvgIpc) is 2.68. The molecule has 0 amide bonds. The van der Waals surface area contributed by atoms with Crippen molar-refractivity contribution in [2.24, 2.45) is 7.05 Å². The maximum atomic E-state index is 12.4. The highest BCUT2D eigenvalue weighted by Crippen LogP contribution is 2.33. The molecule has 0 fully saturated rings. The number of carbonyl (C=O) groups excluding carboxylic acids is 1. The summed E-state index contributed by atoms with van der Waals surface area (Å²) in [7, 11) is 1.55. The Bertz CT molecular complexity index is 707. The van der Waals surface area contributed by atoms with E-state index in [4.69, 9.17) is 9.47 Å². The molecule has 0 radical (unpaired) electrons. The van der Waals surface area contributed by atoms with Gasteiger partial charge < -0.3 is 14.0 Å². The van der Waals surface area contributed by atoms with E-state index in [1.54, 1.807) is 27.0 Å². The van der Waals surface area contributed by atoms with Crippen LogP contribution in [0.4, 0.5) is 13.2 Å². The number of carbonyl (C=O) groups is 1. The topological polar surface area (TPSA) is 53.4 Å². The maximum Gasteiger partial charge on any atom is 0.422 e. The van der Waals surface area contributed by atoms with E-state index in [0.29, 0.717) is 5.52 Å². The first-order valence-corrected chi connectivity index (χ1v) is 6.56. The molecular formula is C14H15F3N2O3. The SMILES string of the molecule is CCOC(=O)c1c(OCC(F)(F)F)c2ncc(C)cc2n1C. The number of hydrogen-bond acceptors (Lipinski definition) is 4. The van der Waals surface area contributed by atoms with E-state index in [1.165, 1.54) is 10.8 Å². The Kier molecular flexibility index (Phi) is 4.30. The quantitative estimate of drug-likeness (QED) is 0.814. The number of pyridine rings is 1. The van der Waals surface area contributed by atoms with Gasteiger partial charge in [0.1, 0.15) is 5.52 Å². The summed E-state index contributed by atoms with van der Waals surface area (Å²) in [6.07, 6.45) is -3.02. The van der Waals surface area contributed by atoms with E-state index in [0.717, 1.165) is 5.56 Å². The van der Waals surface area contributed by atoms with Gasteiger partial charge in [-0.1, -0.05) is 0 Å². The minimum atomic E-state index is -4.52. The van der Waals surface area contributed by atoms with Crippen LogP contribution in [0, 0.1) is 6.92 Å². The van der Waals surface area contributed by atoms with Gasteiger partial charge in [-0.25, -0.2) is 4.79 Å². The fourth-order valence-corrected chi connectivity index (χ4v) is 2.09. The maximum absolute atomic E-state index is 12.4. The molecule has 0 bridgehead atoms. The predicted molar refractivity (Wildman–Crippen MR) is 73.0 cm³/mol. The van der Waals surface area contributed by atoms with Crippen LogP contribution in [0.2, 0.25) is 0 Å². The molecule has 0 unspecified atom stereocenters. The van der Waals surface area contributed by atoms with E-state index in [2.05, 4.69) is 4.98 Å². The summed E-state index contributed by atoms with van der Waals surface area (Å²) in [5.74, 6) is -0.967. The van der Waals surface area contributed by atoms with Crippen LogP contribution in [0.5, 0.6) is 5.75 Å². The summed E-state index contributed by atoms with van der Waals surface area (Å²) >= 11 is 0. The zero-order valence-corrected chi connectivity index (χ0v) is 12.3. The highest BCUT2D eigenvalue weighted by Gasteiger charge is 2.32. The monoisotopic (exact) mass is 316 g/mol. The Labute approximate surface area is 124 Å². The molecule has 120 valence electrons. The van der Waals surface area contributed by atoms with E-state index >= 15 is 0 Å². The highest BCUT2D eigenvalue weighted by atomic mass is 19.4. The lowest BCUT2D eigenvalue weighted by atomic mass is 10.3. The summed E-state index contributed by atoms with van der Waals surface area (Å²) in [4.78, 5) is 16.1. The first kappa shape index (κ1) is 16.1. The number of fused-ring (bicyclic) bond motifs is 1. The first-order valence-electron chi connectivity index (χ1n) is 6.56. The van der Waals surface area contributed by atoms with E-state index in [9.17, 15) is 18.0 Å². The third-order valence-corrected chi connectivity index (χ3v) is 2.98. The Hall–Kier alpha value is -2.25. The molecule has 0 saturated carbocycles. The van der Waals surface area contributed by atoms with Crippen molar-refractivity contribution in [1.29, 1.82) is 0 Å². The second-order valence-electron chi connectivity index (χ2n) is 4.74. The minimum absolute atomic E-state index is 0.0841. The molecule has 2 heterocycles. The van der Waals surface area contributed by atoms with Crippen molar-refractivity contribution in [3.63, 3.8) is 0 Å². The number of aryl methyl sites for hydroxylation is 2. The van der Waals surface area contributed by atoms with Gasteiger partial charge in [0.25, 0.3) is 0 Å².